The van der Waals surface area contributed by atoms with Gasteiger partial charge in [0.15, 0.2) is 11.5 Å². The van der Waals surface area contributed by atoms with Gasteiger partial charge in [-0.2, -0.15) is 0 Å². The Morgan fingerprint density at radius 3 is 2.66 bits per heavy atom. The molecule has 1 unspecified atom stereocenters. The summed E-state index contributed by atoms with van der Waals surface area (Å²) in [7, 11) is 1.63. The van der Waals surface area contributed by atoms with E-state index < -0.39 is 0 Å². The van der Waals surface area contributed by atoms with Gasteiger partial charge in [0, 0.05) is 12.2 Å². The van der Waals surface area contributed by atoms with E-state index in [2.05, 4.69) is 16.2 Å². The van der Waals surface area contributed by atoms with E-state index >= 15 is 0 Å². The lowest BCUT2D eigenvalue weighted by molar-refractivity contribution is 0.0385. The number of hydrogen-bond acceptors (Lipinski definition) is 8. The Morgan fingerprint density at radius 1 is 1.06 bits per heavy atom. The summed E-state index contributed by atoms with van der Waals surface area (Å²) >= 11 is 0. The summed E-state index contributed by atoms with van der Waals surface area (Å²) in [5.74, 6) is 1.91. The molecule has 4 rings (SSSR count). The van der Waals surface area contributed by atoms with Crippen molar-refractivity contribution in [1.29, 1.82) is 0 Å². The van der Waals surface area contributed by atoms with Gasteiger partial charge in [-0.3, -0.25) is 0 Å². The molecular weight excluding hydrogens is 415 g/mol. The van der Waals surface area contributed by atoms with E-state index in [1.807, 2.05) is 18.2 Å². The average molecular weight is 445 g/mol. The monoisotopic (exact) mass is 444 g/mol. The van der Waals surface area contributed by atoms with Gasteiger partial charge in [0.1, 0.15) is 18.2 Å². The molecule has 0 spiro atoms. The third-order valence-electron chi connectivity index (χ3n) is 5.34. The van der Waals surface area contributed by atoms with Crippen molar-refractivity contribution in [3.63, 3.8) is 0 Å². The first-order valence-corrected chi connectivity index (χ1v) is 10.7. The van der Waals surface area contributed by atoms with E-state index in [0.29, 0.717) is 56.8 Å². The molecule has 1 aliphatic carbocycles. The fourth-order valence-corrected chi connectivity index (χ4v) is 3.87. The minimum absolute atomic E-state index is 0.0147. The highest BCUT2D eigenvalue weighted by molar-refractivity contribution is 5.59. The number of nitrogens with two attached hydrogens (primary N) is 1. The summed E-state index contributed by atoms with van der Waals surface area (Å²) in [5.41, 5.74) is 16.0. The van der Waals surface area contributed by atoms with Crippen LogP contribution in [-0.4, -0.2) is 46.7 Å². The highest BCUT2D eigenvalue weighted by Crippen LogP contribution is 2.44. The second kappa shape index (κ2) is 10.6. The number of hydrogen-bond donors (Lipinski definition) is 4. The molecule has 2 aromatic carbocycles. The number of fused-ring (bicyclic) bond motifs is 3. The van der Waals surface area contributed by atoms with E-state index in [1.165, 1.54) is 12.1 Å². The van der Waals surface area contributed by atoms with Crippen molar-refractivity contribution in [1.82, 2.24) is 10.9 Å². The first-order chi connectivity index (χ1) is 15.7. The Bertz CT molecular complexity index is 969. The summed E-state index contributed by atoms with van der Waals surface area (Å²) in [5, 5.41) is 3.27. The Labute approximate surface area is 186 Å². The van der Waals surface area contributed by atoms with Crippen LogP contribution in [0.25, 0.3) is 0 Å². The van der Waals surface area contributed by atoms with Gasteiger partial charge in [-0.1, -0.05) is 6.07 Å². The van der Waals surface area contributed by atoms with Crippen LogP contribution in [0, 0.1) is 5.82 Å². The topological polar surface area (TPSA) is 99.0 Å². The zero-order valence-electron chi connectivity index (χ0n) is 18.1. The lowest BCUT2D eigenvalue weighted by Gasteiger charge is -2.15. The molecule has 2 aromatic rings. The van der Waals surface area contributed by atoms with Crippen LogP contribution < -0.4 is 31.4 Å². The van der Waals surface area contributed by atoms with Crippen molar-refractivity contribution in [2.45, 2.75) is 12.5 Å². The van der Waals surface area contributed by atoms with Gasteiger partial charge in [-0.05, 0) is 53.5 Å². The molecule has 8 nitrogen and oxygen atoms in total. The van der Waals surface area contributed by atoms with Crippen molar-refractivity contribution in [2.75, 3.05) is 52.0 Å². The molecule has 5 N–H and O–H groups in total. The van der Waals surface area contributed by atoms with Crippen LogP contribution in [0.15, 0.2) is 47.8 Å². The summed E-state index contributed by atoms with van der Waals surface area (Å²) in [6.07, 6.45) is 0.743. The highest BCUT2D eigenvalue weighted by atomic mass is 19.1. The largest absolute Gasteiger partial charge is 0.493 e. The zero-order valence-corrected chi connectivity index (χ0v) is 18.1. The molecule has 172 valence electrons. The Morgan fingerprint density at radius 2 is 1.88 bits per heavy atom. The summed E-state index contributed by atoms with van der Waals surface area (Å²) < 4.78 is 35.8. The van der Waals surface area contributed by atoms with Gasteiger partial charge in [0.05, 0.1) is 39.6 Å². The van der Waals surface area contributed by atoms with Crippen LogP contribution in [-0.2, 0) is 15.9 Å². The molecule has 1 atom stereocenters. The van der Waals surface area contributed by atoms with Gasteiger partial charge < -0.3 is 35.4 Å². The molecule has 1 heterocycles. The van der Waals surface area contributed by atoms with Crippen molar-refractivity contribution >= 4 is 5.69 Å². The minimum atomic E-state index is -0.281. The maximum absolute atomic E-state index is 13.5. The Kier molecular flexibility index (Phi) is 7.43. The third kappa shape index (κ3) is 5.13. The summed E-state index contributed by atoms with van der Waals surface area (Å²) in [6.45, 7) is 2.92. The maximum atomic E-state index is 13.5. The molecule has 0 aromatic heterocycles. The van der Waals surface area contributed by atoms with E-state index in [1.54, 1.807) is 13.2 Å². The normalized spacial score (nSPS) is 16.5. The van der Waals surface area contributed by atoms with Gasteiger partial charge in [0.25, 0.3) is 0 Å². The molecule has 2 aliphatic rings. The molecule has 0 bridgehead atoms. The number of hydrazine groups is 1. The first kappa shape index (κ1) is 22.3. The second-order valence-corrected chi connectivity index (χ2v) is 7.48. The number of rotatable bonds is 12. The number of halogens is 1. The number of anilines is 1. The summed E-state index contributed by atoms with van der Waals surface area (Å²) in [4.78, 5) is 0. The van der Waals surface area contributed by atoms with Gasteiger partial charge in [-0.15, -0.1) is 0 Å². The molecule has 1 aliphatic heterocycles. The van der Waals surface area contributed by atoms with Crippen molar-refractivity contribution in [2.24, 2.45) is 5.73 Å². The van der Waals surface area contributed by atoms with Crippen molar-refractivity contribution < 1.29 is 23.3 Å². The molecule has 0 amide bonds. The summed E-state index contributed by atoms with van der Waals surface area (Å²) in [6, 6.07) is 10.4. The van der Waals surface area contributed by atoms with Crippen LogP contribution in [0.5, 0.6) is 11.5 Å². The second-order valence-electron chi connectivity index (χ2n) is 7.48. The smallest absolute Gasteiger partial charge is 0.161 e. The molecule has 9 heteroatoms. The molecule has 0 fully saturated rings. The number of nitrogens with one attached hydrogen (secondary N) is 3. The molecular formula is C23H29FN4O4. The number of benzene rings is 2. The molecule has 0 saturated carbocycles. The fraction of sp³-hybridized carbons (Fsp3) is 0.391. The van der Waals surface area contributed by atoms with Gasteiger partial charge in [0.2, 0.25) is 0 Å². The van der Waals surface area contributed by atoms with Gasteiger partial charge in [-0.25, -0.2) is 9.82 Å². The predicted molar refractivity (Wildman–Crippen MR) is 119 cm³/mol. The predicted octanol–water partition coefficient (Wildman–Crippen LogP) is 2.23. The first-order valence-electron chi connectivity index (χ1n) is 10.7. The fourth-order valence-electron chi connectivity index (χ4n) is 3.87. The van der Waals surface area contributed by atoms with Gasteiger partial charge >= 0.3 is 0 Å². The van der Waals surface area contributed by atoms with E-state index in [-0.39, 0.29) is 11.9 Å². The minimum Gasteiger partial charge on any atom is -0.493 e. The molecule has 0 saturated heterocycles. The highest BCUT2D eigenvalue weighted by Gasteiger charge is 2.35. The lowest BCUT2D eigenvalue weighted by atomic mass is 10.1. The number of methoxy groups -OCH3 is 1. The quantitative estimate of drug-likeness (QED) is 0.370. The third-order valence-corrected chi connectivity index (χ3v) is 5.34. The maximum Gasteiger partial charge on any atom is 0.161 e. The Hall–Kier alpha value is -2.85. The van der Waals surface area contributed by atoms with Crippen molar-refractivity contribution in [3.05, 3.63) is 64.7 Å². The van der Waals surface area contributed by atoms with E-state index in [9.17, 15) is 4.39 Å². The van der Waals surface area contributed by atoms with E-state index in [4.69, 9.17) is 24.7 Å². The SMILES string of the molecule is COc1cc2c(cc1OCCOCCOCCN)CC1=C(Nc3cccc(F)c3)NNC12. The lowest BCUT2D eigenvalue weighted by Crippen LogP contribution is -2.29. The number of ether oxygens (including phenoxy) is 4. The van der Waals surface area contributed by atoms with Crippen LogP contribution >= 0.6 is 0 Å². The molecule has 32 heavy (non-hydrogen) atoms. The van der Waals surface area contributed by atoms with Crippen LogP contribution in [0.3, 0.4) is 0 Å². The van der Waals surface area contributed by atoms with Crippen LogP contribution in [0.2, 0.25) is 0 Å². The zero-order chi connectivity index (χ0) is 22.3. The van der Waals surface area contributed by atoms with E-state index in [0.717, 1.165) is 28.9 Å². The molecule has 0 radical (unpaired) electrons. The van der Waals surface area contributed by atoms with Crippen LogP contribution in [0.4, 0.5) is 10.1 Å². The van der Waals surface area contributed by atoms with Crippen molar-refractivity contribution in [3.8, 4) is 11.5 Å². The Balaban J connectivity index is 1.39. The average Bonchev–Trinajstić information content (AvgIpc) is 3.34. The van der Waals surface area contributed by atoms with Crippen LogP contribution in [0.1, 0.15) is 17.2 Å². The standard InChI is InChI=1S/C23H29FN4O4/c1-29-20-14-18-15(12-21(20)32-10-9-31-8-7-30-6-5-25)11-19-22(18)27-28-23(19)26-17-4-2-3-16(24)13-17/h2-4,12-14,22,26-28H,5-11,25H2,1H3.